The number of hydrogen-bond acceptors (Lipinski definition) is 3. The van der Waals surface area contributed by atoms with Gasteiger partial charge in [0.05, 0.1) is 11.1 Å². The van der Waals surface area contributed by atoms with Gasteiger partial charge in [-0.3, -0.25) is 0 Å². The third kappa shape index (κ3) is 2.51. The van der Waals surface area contributed by atoms with Crippen molar-refractivity contribution in [2.24, 2.45) is 0 Å². The summed E-state index contributed by atoms with van der Waals surface area (Å²) in [6.07, 6.45) is 0. The summed E-state index contributed by atoms with van der Waals surface area (Å²) < 4.78 is 31.7. The van der Waals surface area contributed by atoms with Crippen LogP contribution < -0.4 is 4.74 Å². The van der Waals surface area contributed by atoms with Gasteiger partial charge in [-0.1, -0.05) is 18.2 Å². The van der Waals surface area contributed by atoms with Crippen molar-refractivity contribution in [2.75, 3.05) is 0 Å². The summed E-state index contributed by atoms with van der Waals surface area (Å²) in [6.45, 7) is 0. The van der Waals surface area contributed by atoms with Gasteiger partial charge in [-0.2, -0.15) is 5.26 Å². The Morgan fingerprint density at radius 1 is 1.05 bits per heavy atom. The second-order valence-corrected chi connectivity index (χ2v) is 4.31. The third-order valence-corrected chi connectivity index (χ3v) is 2.92. The number of fused-ring (bicyclic) bond motifs is 1. The van der Waals surface area contributed by atoms with E-state index in [2.05, 4.69) is 4.98 Å². The van der Waals surface area contributed by atoms with Crippen molar-refractivity contribution < 1.29 is 13.5 Å². The Bertz CT molecular complexity index is 872. The molecule has 0 amide bonds. The average molecular weight is 282 g/mol. The fourth-order valence-corrected chi connectivity index (χ4v) is 1.97. The smallest absolute Gasteiger partial charge is 0.221 e. The molecule has 3 rings (SSSR count). The van der Waals surface area contributed by atoms with E-state index in [0.717, 1.165) is 12.1 Å². The number of aromatic nitrogens is 1. The van der Waals surface area contributed by atoms with Crippen LogP contribution in [0.3, 0.4) is 0 Å². The van der Waals surface area contributed by atoms with Crippen molar-refractivity contribution in [2.45, 2.75) is 0 Å². The first-order valence-corrected chi connectivity index (χ1v) is 6.10. The molecular weight excluding hydrogens is 274 g/mol. The Labute approximate surface area is 119 Å². The van der Waals surface area contributed by atoms with E-state index in [1.54, 1.807) is 24.3 Å². The Morgan fingerprint density at radius 3 is 2.62 bits per heavy atom. The van der Waals surface area contributed by atoms with E-state index < -0.39 is 11.6 Å². The topological polar surface area (TPSA) is 45.9 Å². The van der Waals surface area contributed by atoms with Gasteiger partial charge in [-0.15, -0.1) is 0 Å². The molecule has 0 spiro atoms. The lowest BCUT2D eigenvalue weighted by atomic mass is 10.1. The third-order valence-electron chi connectivity index (χ3n) is 2.92. The minimum Gasteiger partial charge on any atom is -0.436 e. The van der Waals surface area contributed by atoms with Crippen LogP contribution in [0, 0.1) is 23.0 Å². The molecule has 0 aliphatic rings. The van der Waals surface area contributed by atoms with Gasteiger partial charge in [-0.25, -0.2) is 13.8 Å². The van der Waals surface area contributed by atoms with Crippen LogP contribution in [-0.2, 0) is 0 Å². The van der Waals surface area contributed by atoms with E-state index in [0.29, 0.717) is 16.5 Å². The van der Waals surface area contributed by atoms with Crippen molar-refractivity contribution in [1.82, 2.24) is 4.98 Å². The molecule has 0 N–H and O–H groups in total. The molecule has 102 valence electrons. The predicted molar refractivity (Wildman–Crippen MR) is 72.9 cm³/mol. The number of hydrogen-bond donors (Lipinski definition) is 0. The number of rotatable bonds is 2. The first kappa shape index (κ1) is 13.0. The van der Waals surface area contributed by atoms with Gasteiger partial charge in [0, 0.05) is 17.5 Å². The lowest BCUT2D eigenvalue weighted by Gasteiger charge is -2.08. The maximum absolute atomic E-state index is 13.6. The maximum Gasteiger partial charge on any atom is 0.221 e. The Kier molecular flexibility index (Phi) is 3.20. The van der Waals surface area contributed by atoms with Crippen molar-refractivity contribution in [3.8, 4) is 17.7 Å². The van der Waals surface area contributed by atoms with E-state index in [9.17, 15) is 8.78 Å². The minimum absolute atomic E-state index is 0.0794. The highest BCUT2D eigenvalue weighted by Crippen LogP contribution is 2.27. The van der Waals surface area contributed by atoms with Crippen LogP contribution in [0.2, 0.25) is 0 Å². The highest BCUT2D eigenvalue weighted by molar-refractivity contribution is 5.85. The standard InChI is InChI=1S/C16H8F2N2O/c17-11-5-6-15(13(18)8-11)21-16-7-10(9-19)12-3-1-2-4-14(12)20-16/h1-8H. The van der Waals surface area contributed by atoms with Crippen LogP contribution in [0.4, 0.5) is 8.78 Å². The Morgan fingerprint density at radius 2 is 1.86 bits per heavy atom. The average Bonchev–Trinajstić information content (AvgIpc) is 2.49. The molecule has 3 nitrogen and oxygen atoms in total. The largest absolute Gasteiger partial charge is 0.436 e. The number of para-hydroxylation sites is 1. The Hall–Kier alpha value is -3.00. The summed E-state index contributed by atoms with van der Waals surface area (Å²) >= 11 is 0. The van der Waals surface area contributed by atoms with E-state index in [1.165, 1.54) is 12.1 Å². The SMILES string of the molecule is N#Cc1cc(Oc2ccc(F)cc2F)nc2ccccc12. The molecule has 0 atom stereocenters. The second-order valence-electron chi connectivity index (χ2n) is 4.31. The van der Waals surface area contributed by atoms with E-state index in [1.807, 2.05) is 6.07 Å². The molecule has 21 heavy (non-hydrogen) atoms. The van der Waals surface area contributed by atoms with Crippen LogP contribution in [0.25, 0.3) is 10.9 Å². The number of halogens is 2. The van der Waals surface area contributed by atoms with Crippen LogP contribution in [0.1, 0.15) is 5.56 Å². The summed E-state index contributed by atoms with van der Waals surface area (Å²) in [6, 6.07) is 13.5. The first-order valence-electron chi connectivity index (χ1n) is 6.10. The first-order chi connectivity index (χ1) is 10.2. The quantitative estimate of drug-likeness (QED) is 0.708. The van der Waals surface area contributed by atoms with E-state index in [-0.39, 0.29) is 11.6 Å². The van der Waals surface area contributed by atoms with Crippen LogP contribution in [-0.4, -0.2) is 4.98 Å². The zero-order valence-corrected chi connectivity index (χ0v) is 10.7. The van der Waals surface area contributed by atoms with Gasteiger partial charge in [0.1, 0.15) is 11.9 Å². The summed E-state index contributed by atoms with van der Waals surface area (Å²) in [5.41, 5.74) is 0.937. The number of pyridine rings is 1. The molecule has 0 saturated carbocycles. The van der Waals surface area contributed by atoms with Crippen molar-refractivity contribution in [3.05, 3.63) is 65.7 Å². The van der Waals surface area contributed by atoms with E-state index >= 15 is 0 Å². The molecule has 1 aromatic heterocycles. The van der Waals surface area contributed by atoms with Crippen LogP contribution in [0.15, 0.2) is 48.5 Å². The van der Waals surface area contributed by atoms with E-state index in [4.69, 9.17) is 10.00 Å². The van der Waals surface area contributed by atoms with Gasteiger partial charge >= 0.3 is 0 Å². The fourth-order valence-electron chi connectivity index (χ4n) is 1.97. The molecular formula is C16H8F2N2O. The predicted octanol–water partition coefficient (Wildman–Crippen LogP) is 4.18. The lowest BCUT2D eigenvalue weighted by molar-refractivity contribution is 0.425. The highest BCUT2D eigenvalue weighted by atomic mass is 19.1. The summed E-state index contributed by atoms with van der Waals surface area (Å²) in [5, 5.41) is 9.85. The zero-order valence-electron chi connectivity index (χ0n) is 10.7. The molecule has 2 aromatic carbocycles. The van der Waals surface area contributed by atoms with Gasteiger partial charge in [0.25, 0.3) is 0 Å². The molecule has 5 heteroatoms. The number of nitriles is 1. The monoisotopic (exact) mass is 282 g/mol. The molecule has 0 bridgehead atoms. The summed E-state index contributed by atoms with van der Waals surface area (Å²) in [5.74, 6) is -1.59. The zero-order chi connectivity index (χ0) is 14.8. The van der Waals surface area contributed by atoms with Crippen molar-refractivity contribution >= 4 is 10.9 Å². The number of benzene rings is 2. The molecule has 0 aliphatic heterocycles. The Balaban J connectivity index is 2.07. The maximum atomic E-state index is 13.6. The number of nitrogens with zero attached hydrogens (tertiary/aromatic N) is 2. The summed E-state index contributed by atoms with van der Waals surface area (Å²) in [4.78, 5) is 4.21. The molecule has 0 fully saturated rings. The fraction of sp³-hybridized carbons (Fsp3) is 0. The highest BCUT2D eigenvalue weighted by Gasteiger charge is 2.10. The summed E-state index contributed by atoms with van der Waals surface area (Å²) in [7, 11) is 0. The minimum atomic E-state index is -0.830. The normalized spacial score (nSPS) is 10.3. The molecule has 0 radical (unpaired) electrons. The van der Waals surface area contributed by atoms with Gasteiger partial charge in [0.2, 0.25) is 5.88 Å². The van der Waals surface area contributed by atoms with Crippen LogP contribution in [0.5, 0.6) is 11.6 Å². The lowest BCUT2D eigenvalue weighted by Crippen LogP contribution is -1.94. The number of ether oxygens (including phenoxy) is 1. The molecule has 0 saturated heterocycles. The van der Waals surface area contributed by atoms with Gasteiger partial charge in [0.15, 0.2) is 11.6 Å². The van der Waals surface area contributed by atoms with Crippen molar-refractivity contribution in [3.63, 3.8) is 0 Å². The van der Waals surface area contributed by atoms with Gasteiger partial charge < -0.3 is 4.74 Å². The molecule has 0 aliphatic carbocycles. The van der Waals surface area contributed by atoms with Gasteiger partial charge in [-0.05, 0) is 18.2 Å². The van der Waals surface area contributed by atoms with Crippen molar-refractivity contribution in [1.29, 1.82) is 5.26 Å². The molecule has 3 aromatic rings. The van der Waals surface area contributed by atoms with Crippen LogP contribution >= 0.6 is 0 Å². The second kappa shape index (κ2) is 5.17. The molecule has 0 unspecified atom stereocenters. The molecule has 1 heterocycles.